The summed E-state index contributed by atoms with van der Waals surface area (Å²) in [5, 5.41) is 2.70. The third kappa shape index (κ3) is 4.21. The molecule has 0 saturated carbocycles. The van der Waals surface area contributed by atoms with Gasteiger partial charge in [-0.3, -0.25) is 14.5 Å². The van der Waals surface area contributed by atoms with Crippen molar-refractivity contribution in [1.29, 1.82) is 0 Å². The summed E-state index contributed by atoms with van der Waals surface area (Å²) in [6, 6.07) is 1.48. The van der Waals surface area contributed by atoms with Crippen molar-refractivity contribution in [3.63, 3.8) is 0 Å². The Bertz CT molecular complexity index is 929. The van der Waals surface area contributed by atoms with E-state index in [1.807, 2.05) is 13.8 Å². The molecule has 2 aliphatic rings. The van der Waals surface area contributed by atoms with E-state index in [0.717, 1.165) is 0 Å². The average molecular weight is 448 g/mol. The molecule has 1 N–H and O–H groups in total. The van der Waals surface area contributed by atoms with Crippen LogP contribution in [0.25, 0.3) is 0 Å². The fourth-order valence-electron chi connectivity index (χ4n) is 4.14. The minimum absolute atomic E-state index is 0.113. The fraction of sp³-hybridized carbons (Fsp3) is 0.545. The molecule has 1 aromatic carbocycles. The van der Waals surface area contributed by atoms with E-state index in [0.29, 0.717) is 17.7 Å². The van der Waals surface area contributed by atoms with Gasteiger partial charge in [-0.2, -0.15) is 0 Å². The molecule has 0 aliphatic carbocycles. The molecule has 10 nitrogen and oxygen atoms in total. The summed E-state index contributed by atoms with van der Waals surface area (Å²) in [5.41, 5.74) is 0.565. The summed E-state index contributed by atoms with van der Waals surface area (Å²) >= 11 is 0. The average Bonchev–Trinajstić information content (AvgIpc) is 3.31. The van der Waals surface area contributed by atoms with Crippen LogP contribution in [-0.4, -0.2) is 62.1 Å². The Balaban J connectivity index is 1.90. The summed E-state index contributed by atoms with van der Waals surface area (Å²) in [6.07, 6.45) is -0.347. The lowest BCUT2D eigenvalue weighted by Crippen LogP contribution is -2.51. The van der Waals surface area contributed by atoms with Crippen LogP contribution in [-0.2, 0) is 23.9 Å². The van der Waals surface area contributed by atoms with Gasteiger partial charge in [-0.05, 0) is 30.9 Å². The number of carbonyl (C=O) groups is 4. The van der Waals surface area contributed by atoms with Crippen LogP contribution >= 0.6 is 0 Å². The van der Waals surface area contributed by atoms with E-state index in [1.54, 1.807) is 12.1 Å². The number of fused-ring (bicyclic) bond motifs is 1. The number of cyclic esters (lactones) is 1. The van der Waals surface area contributed by atoms with Crippen molar-refractivity contribution >= 4 is 23.8 Å². The minimum atomic E-state index is -1.08. The number of rotatable bonds is 8. The number of amides is 2. The fourth-order valence-corrected chi connectivity index (χ4v) is 4.14. The monoisotopic (exact) mass is 448 g/mol. The molecule has 1 aromatic rings. The highest BCUT2D eigenvalue weighted by Crippen LogP contribution is 2.45. The lowest BCUT2D eigenvalue weighted by Gasteiger charge is -2.30. The molecule has 0 spiro atoms. The highest BCUT2D eigenvalue weighted by Gasteiger charge is 2.48. The van der Waals surface area contributed by atoms with Gasteiger partial charge >= 0.3 is 11.9 Å². The van der Waals surface area contributed by atoms with E-state index >= 15 is 0 Å². The maximum atomic E-state index is 13.1. The summed E-state index contributed by atoms with van der Waals surface area (Å²) in [7, 11) is 4.10. The van der Waals surface area contributed by atoms with Crippen molar-refractivity contribution < 1.29 is 38.1 Å². The highest BCUT2D eigenvalue weighted by atomic mass is 16.6. The van der Waals surface area contributed by atoms with Crippen LogP contribution in [0.5, 0.6) is 11.5 Å². The smallest absolute Gasteiger partial charge is 0.344 e. The predicted molar refractivity (Wildman–Crippen MR) is 111 cm³/mol. The summed E-state index contributed by atoms with van der Waals surface area (Å²) in [6.45, 7) is 3.84. The molecule has 2 aliphatic heterocycles. The van der Waals surface area contributed by atoms with Crippen LogP contribution in [0.4, 0.5) is 0 Å². The predicted octanol–water partition coefficient (Wildman–Crippen LogP) is 1.57. The van der Waals surface area contributed by atoms with Crippen molar-refractivity contribution in [2.75, 3.05) is 21.3 Å². The van der Waals surface area contributed by atoms with Crippen LogP contribution in [0, 0.1) is 5.92 Å². The molecule has 1 fully saturated rings. The lowest BCUT2D eigenvalue weighted by molar-refractivity contribution is -0.149. The molecule has 2 amide bonds. The first-order valence-corrected chi connectivity index (χ1v) is 10.4. The lowest BCUT2D eigenvalue weighted by atomic mass is 10.0. The quantitative estimate of drug-likeness (QED) is 0.595. The number of nitrogens with zero attached hydrogens (tertiary/aromatic N) is 1. The molecule has 10 heteroatoms. The van der Waals surface area contributed by atoms with Gasteiger partial charge in [0.1, 0.15) is 17.6 Å². The minimum Gasteiger partial charge on any atom is -0.493 e. The zero-order chi connectivity index (χ0) is 23.6. The van der Waals surface area contributed by atoms with Crippen molar-refractivity contribution in [3.05, 3.63) is 23.3 Å². The maximum absolute atomic E-state index is 13.1. The summed E-state index contributed by atoms with van der Waals surface area (Å²) < 4.78 is 20.9. The Hall–Kier alpha value is -3.30. The van der Waals surface area contributed by atoms with E-state index in [-0.39, 0.29) is 36.0 Å². The van der Waals surface area contributed by atoms with Gasteiger partial charge in [-0.1, -0.05) is 13.8 Å². The first-order valence-electron chi connectivity index (χ1n) is 10.4. The van der Waals surface area contributed by atoms with Crippen LogP contribution < -0.4 is 14.8 Å². The van der Waals surface area contributed by atoms with Crippen molar-refractivity contribution in [2.24, 2.45) is 5.92 Å². The van der Waals surface area contributed by atoms with E-state index in [2.05, 4.69) is 5.32 Å². The normalized spacial score (nSPS) is 20.6. The van der Waals surface area contributed by atoms with Gasteiger partial charge < -0.3 is 24.3 Å². The molecular formula is C22H28N2O8. The second kappa shape index (κ2) is 9.46. The molecule has 0 radical (unpaired) electrons. The van der Waals surface area contributed by atoms with Crippen molar-refractivity contribution in [1.82, 2.24) is 10.2 Å². The van der Waals surface area contributed by atoms with Gasteiger partial charge in [0.05, 0.1) is 21.3 Å². The van der Waals surface area contributed by atoms with Gasteiger partial charge in [-0.15, -0.1) is 0 Å². The first-order chi connectivity index (χ1) is 15.2. The SMILES string of the molecule is COC(=O)[C@@H](CC(C)C)NC(=O)[C@@H]1CCC(=O)N1[C@@H]1OC(=O)c2c1ccc(OC)c2OC. The molecule has 32 heavy (non-hydrogen) atoms. The molecule has 3 rings (SSSR count). The van der Waals surface area contributed by atoms with Crippen LogP contribution in [0.1, 0.15) is 55.3 Å². The number of likely N-dealkylation sites (tertiary alicyclic amines) is 1. The second-order valence-electron chi connectivity index (χ2n) is 8.09. The first kappa shape index (κ1) is 23.4. The standard InChI is InChI=1S/C22H28N2O8/c1-11(2)10-13(21(27)31-5)23-19(26)14-7-9-16(25)24(14)20-12-6-8-15(29-3)18(30-4)17(12)22(28)32-20/h6,8,11,13-14,20H,7,9-10H2,1-5H3,(H,23,26)/t13-,14+,20-/m1/s1. The number of hydrogen-bond donors (Lipinski definition) is 1. The number of methoxy groups -OCH3 is 3. The Kier molecular flexibility index (Phi) is 6.90. The number of benzene rings is 1. The zero-order valence-electron chi connectivity index (χ0n) is 18.8. The maximum Gasteiger partial charge on any atom is 0.344 e. The topological polar surface area (TPSA) is 120 Å². The zero-order valence-corrected chi connectivity index (χ0v) is 18.8. The summed E-state index contributed by atoms with van der Waals surface area (Å²) in [5.74, 6) is -1.38. The largest absolute Gasteiger partial charge is 0.493 e. The van der Waals surface area contributed by atoms with E-state index in [4.69, 9.17) is 18.9 Å². The Morgan fingerprint density at radius 3 is 2.50 bits per heavy atom. The van der Waals surface area contributed by atoms with Crippen LogP contribution in [0.15, 0.2) is 12.1 Å². The molecule has 0 unspecified atom stereocenters. The number of carbonyl (C=O) groups excluding carboxylic acids is 4. The third-order valence-electron chi connectivity index (χ3n) is 5.59. The second-order valence-corrected chi connectivity index (χ2v) is 8.09. The van der Waals surface area contributed by atoms with Crippen LogP contribution in [0.3, 0.4) is 0 Å². The van der Waals surface area contributed by atoms with Gasteiger partial charge in [0.2, 0.25) is 18.0 Å². The molecular weight excluding hydrogens is 420 g/mol. The molecule has 1 saturated heterocycles. The van der Waals surface area contributed by atoms with Crippen molar-refractivity contribution in [3.8, 4) is 11.5 Å². The van der Waals surface area contributed by atoms with E-state index in [9.17, 15) is 19.2 Å². The summed E-state index contributed by atoms with van der Waals surface area (Å²) in [4.78, 5) is 51.8. The number of ether oxygens (including phenoxy) is 4. The third-order valence-corrected chi connectivity index (χ3v) is 5.59. The Morgan fingerprint density at radius 1 is 1.19 bits per heavy atom. The van der Waals surface area contributed by atoms with Crippen LogP contribution in [0.2, 0.25) is 0 Å². The van der Waals surface area contributed by atoms with Gasteiger partial charge in [0.25, 0.3) is 0 Å². The number of esters is 2. The van der Waals surface area contributed by atoms with Crippen molar-refractivity contribution in [2.45, 2.75) is 51.4 Å². The molecule has 0 bridgehead atoms. The Morgan fingerprint density at radius 2 is 1.91 bits per heavy atom. The van der Waals surface area contributed by atoms with E-state index in [1.165, 1.54) is 26.2 Å². The Labute approximate surface area is 186 Å². The molecule has 3 atom stereocenters. The van der Waals surface area contributed by atoms with Gasteiger partial charge in [0.15, 0.2) is 11.5 Å². The molecule has 2 heterocycles. The molecule has 174 valence electrons. The number of nitrogens with one attached hydrogen (secondary N) is 1. The molecule has 0 aromatic heterocycles. The van der Waals surface area contributed by atoms with Gasteiger partial charge in [0, 0.05) is 12.0 Å². The van der Waals surface area contributed by atoms with Gasteiger partial charge in [-0.25, -0.2) is 9.59 Å². The number of hydrogen-bond acceptors (Lipinski definition) is 8. The highest BCUT2D eigenvalue weighted by molar-refractivity contribution is 5.99. The van der Waals surface area contributed by atoms with E-state index < -0.39 is 36.2 Å².